The highest BCUT2D eigenvalue weighted by atomic mass is 79.9. The smallest absolute Gasteiger partial charge is 0.1000 e. The lowest BCUT2D eigenvalue weighted by molar-refractivity contribution is 0.173. The van der Waals surface area contributed by atoms with Crippen molar-refractivity contribution >= 4 is 27.5 Å². The number of benzene rings is 1. The summed E-state index contributed by atoms with van der Waals surface area (Å²) in [6.07, 6.45) is 1.45. The Balaban J connectivity index is 2.14. The summed E-state index contributed by atoms with van der Waals surface area (Å²) >= 11 is 9.21. The Hall–Kier alpha value is -0.900. The highest BCUT2D eigenvalue weighted by Gasteiger charge is 2.11. The second-order valence-corrected chi connectivity index (χ2v) is 5.00. The van der Waals surface area contributed by atoms with E-state index in [4.69, 9.17) is 11.6 Å². The Morgan fingerprint density at radius 2 is 2.00 bits per heavy atom. The number of rotatable bonds is 3. The highest BCUT2D eigenvalue weighted by Crippen LogP contribution is 2.23. The number of pyridine rings is 1. The minimum Gasteiger partial charge on any atom is -0.386 e. The molecule has 4 heteroatoms. The Morgan fingerprint density at radius 3 is 2.65 bits per heavy atom. The normalized spacial score (nSPS) is 12.4. The van der Waals surface area contributed by atoms with Gasteiger partial charge in [-0.3, -0.25) is 4.98 Å². The molecule has 0 fully saturated rings. The first-order valence-corrected chi connectivity index (χ1v) is 6.37. The van der Waals surface area contributed by atoms with E-state index in [2.05, 4.69) is 20.9 Å². The average Bonchev–Trinajstić information content (AvgIpc) is 2.33. The molecule has 2 nitrogen and oxygen atoms in total. The monoisotopic (exact) mass is 311 g/mol. The molecule has 1 N–H and O–H groups in total. The maximum Gasteiger partial charge on any atom is 0.1000 e. The fourth-order valence-electron chi connectivity index (χ4n) is 1.56. The molecule has 0 radical (unpaired) electrons. The van der Waals surface area contributed by atoms with E-state index in [1.165, 1.54) is 0 Å². The third kappa shape index (κ3) is 3.28. The van der Waals surface area contributed by atoms with Crippen molar-refractivity contribution in [1.29, 1.82) is 0 Å². The van der Waals surface area contributed by atoms with Gasteiger partial charge in [0.05, 0.1) is 16.8 Å². The van der Waals surface area contributed by atoms with Crippen molar-refractivity contribution in [2.45, 2.75) is 12.5 Å². The zero-order valence-electron chi connectivity index (χ0n) is 8.98. The van der Waals surface area contributed by atoms with Crippen LogP contribution in [-0.4, -0.2) is 10.1 Å². The van der Waals surface area contributed by atoms with E-state index in [0.29, 0.717) is 17.1 Å². The number of aliphatic hydroxyl groups excluding tert-OH is 1. The Kier molecular flexibility index (Phi) is 4.15. The van der Waals surface area contributed by atoms with Gasteiger partial charge in [0.15, 0.2) is 0 Å². The quantitative estimate of drug-likeness (QED) is 0.936. The number of aliphatic hydroxyl groups is 1. The molecule has 1 aromatic heterocycles. The summed E-state index contributed by atoms with van der Waals surface area (Å²) in [5.74, 6) is 0. The molecule has 0 amide bonds. The molecule has 0 saturated carbocycles. The zero-order valence-corrected chi connectivity index (χ0v) is 11.3. The van der Waals surface area contributed by atoms with Gasteiger partial charge < -0.3 is 5.11 Å². The molecule has 0 saturated heterocycles. The third-order valence-corrected chi connectivity index (χ3v) is 3.46. The van der Waals surface area contributed by atoms with E-state index in [1.807, 2.05) is 24.3 Å². The Labute approximate surface area is 113 Å². The highest BCUT2D eigenvalue weighted by molar-refractivity contribution is 9.10. The van der Waals surface area contributed by atoms with Gasteiger partial charge >= 0.3 is 0 Å². The molecule has 0 aliphatic rings. The lowest BCUT2D eigenvalue weighted by atomic mass is 10.1. The second-order valence-electron chi connectivity index (χ2n) is 3.71. The van der Waals surface area contributed by atoms with Crippen molar-refractivity contribution in [2.24, 2.45) is 0 Å². The minimum absolute atomic E-state index is 0.524. The predicted molar refractivity (Wildman–Crippen MR) is 72.1 cm³/mol. The molecule has 2 aromatic rings. The van der Waals surface area contributed by atoms with Gasteiger partial charge in [-0.15, -0.1) is 0 Å². The first kappa shape index (κ1) is 12.6. The van der Waals surface area contributed by atoms with Crippen molar-refractivity contribution in [3.05, 3.63) is 63.3 Å². The number of halogens is 2. The van der Waals surface area contributed by atoms with Gasteiger partial charge in [-0.25, -0.2) is 0 Å². The van der Waals surface area contributed by atoms with Gasteiger partial charge in [0.25, 0.3) is 0 Å². The number of hydrogen-bond acceptors (Lipinski definition) is 2. The molecule has 0 spiro atoms. The standard InChI is InChI=1S/C13H11BrClNO/c14-11-4-2-1-3-9(11)7-13(17)12-6-5-10(15)8-16-12/h1-6,8,13,17H,7H2. The van der Waals surface area contributed by atoms with Crippen LogP contribution in [0.25, 0.3) is 0 Å². The van der Waals surface area contributed by atoms with Crippen LogP contribution in [0.1, 0.15) is 17.4 Å². The SMILES string of the molecule is OC(Cc1ccccc1Br)c1ccc(Cl)cn1. The summed E-state index contributed by atoms with van der Waals surface area (Å²) in [7, 11) is 0. The predicted octanol–water partition coefficient (Wildman–Crippen LogP) is 3.77. The summed E-state index contributed by atoms with van der Waals surface area (Å²) < 4.78 is 0.994. The summed E-state index contributed by atoms with van der Waals surface area (Å²) in [6.45, 7) is 0. The Morgan fingerprint density at radius 1 is 1.24 bits per heavy atom. The summed E-state index contributed by atoms with van der Waals surface area (Å²) in [5.41, 5.74) is 1.68. The summed E-state index contributed by atoms with van der Waals surface area (Å²) in [6, 6.07) is 11.3. The van der Waals surface area contributed by atoms with Crippen LogP contribution in [0.3, 0.4) is 0 Å². The molecule has 0 aliphatic heterocycles. The molecule has 1 unspecified atom stereocenters. The van der Waals surface area contributed by atoms with E-state index in [9.17, 15) is 5.11 Å². The van der Waals surface area contributed by atoms with E-state index >= 15 is 0 Å². The number of nitrogens with zero attached hydrogens (tertiary/aromatic N) is 1. The van der Waals surface area contributed by atoms with Crippen LogP contribution in [0.5, 0.6) is 0 Å². The fraction of sp³-hybridized carbons (Fsp3) is 0.154. The van der Waals surface area contributed by atoms with Gasteiger partial charge in [0.2, 0.25) is 0 Å². The molecule has 0 aliphatic carbocycles. The van der Waals surface area contributed by atoms with Crippen LogP contribution >= 0.6 is 27.5 Å². The largest absolute Gasteiger partial charge is 0.386 e. The van der Waals surface area contributed by atoms with Crippen LogP contribution in [0.2, 0.25) is 5.02 Å². The molecular weight excluding hydrogens is 302 g/mol. The van der Waals surface area contributed by atoms with Crippen molar-refractivity contribution in [3.63, 3.8) is 0 Å². The lowest BCUT2D eigenvalue weighted by Gasteiger charge is -2.11. The fourth-order valence-corrected chi connectivity index (χ4v) is 2.12. The van der Waals surface area contributed by atoms with Crippen LogP contribution in [0.4, 0.5) is 0 Å². The van der Waals surface area contributed by atoms with Crippen LogP contribution in [-0.2, 0) is 6.42 Å². The second kappa shape index (κ2) is 5.63. The molecular formula is C13H11BrClNO. The molecule has 17 heavy (non-hydrogen) atoms. The molecule has 88 valence electrons. The van der Waals surface area contributed by atoms with Crippen molar-refractivity contribution < 1.29 is 5.11 Å². The van der Waals surface area contributed by atoms with E-state index in [1.54, 1.807) is 18.3 Å². The first-order valence-electron chi connectivity index (χ1n) is 5.20. The molecule has 2 rings (SSSR count). The van der Waals surface area contributed by atoms with Gasteiger partial charge in [-0.05, 0) is 23.8 Å². The third-order valence-electron chi connectivity index (χ3n) is 2.46. The maximum atomic E-state index is 10.1. The van der Waals surface area contributed by atoms with Gasteiger partial charge in [0, 0.05) is 17.1 Å². The van der Waals surface area contributed by atoms with Gasteiger partial charge in [-0.1, -0.05) is 45.7 Å². The van der Waals surface area contributed by atoms with Crippen molar-refractivity contribution in [2.75, 3.05) is 0 Å². The van der Waals surface area contributed by atoms with Crippen LogP contribution < -0.4 is 0 Å². The van der Waals surface area contributed by atoms with Crippen molar-refractivity contribution in [1.82, 2.24) is 4.98 Å². The van der Waals surface area contributed by atoms with E-state index in [0.717, 1.165) is 10.0 Å². The molecule has 1 heterocycles. The van der Waals surface area contributed by atoms with Gasteiger partial charge in [-0.2, -0.15) is 0 Å². The molecule has 1 atom stereocenters. The molecule has 1 aromatic carbocycles. The average molecular weight is 313 g/mol. The molecule has 0 bridgehead atoms. The zero-order chi connectivity index (χ0) is 12.3. The first-order chi connectivity index (χ1) is 8.16. The van der Waals surface area contributed by atoms with E-state index in [-0.39, 0.29) is 0 Å². The maximum absolute atomic E-state index is 10.1. The Bertz CT molecular complexity index is 501. The topological polar surface area (TPSA) is 33.1 Å². The minimum atomic E-state index is -0.619. The van der Waals surface area contributed by atoms with E-state index < -0.39 is 6.10 Å². The van der Waals surface area contributed by atoms with Gasteiger partial charge in [0.1, 0.15) is 0 Å². The van der Waals surface area contributed by atoms with Crippen LogP contribution in [0.15, 0.2) is 47.1 Å². The lowest BCUT2D eigenvalue weighted by Crippen LogP contribution is -2.04. The van der Waals surface area contributed by atoms with Crippen LogP contribution in [0, 0.1) is 0 Å². The number of hydrogen-bond donors (Lipinski definition) is 1. The van der Waals surface area contributed by atoms with Crippen molar-refractivity contribution in [3.8, 4) is 0 Å². The number of aromatic nitrogens is 1. The summed E-state index contributed by atoms with van der Waals surface area (Å²) in [4.78, 5) is 4.11. The summed E-state index contributed by atoms with van der Waals surface area (Å²) in [5, 5.41) is 10.6.